The molecule has 0 aromatic heterocycles. The second kappa shape index (κ2) is 9.25. The summed E-state index contributed by atoms with van der Waals surface area (Å²) < 4.78 is 0. The van der Waals surface area contributed by atoms with Crippen molar-refractivity contribution in [3.63, 3.8) is 0 Å². The molecular weight excluding hydrogens is 436 g/mol. The van der Waals surface area contributed by atoms with Gasteiger partial charge in [-0.25, -0.2) is 0 Å². The first kappa shape index (κ1) is 23.8. The van der Waals surface area contributed by atoms with E-state index in [1.165, 1.54) is 38.5 Å². The molecule has 2 heterocycles. The highest BCUT2D eigenvalue weighted by Gasteiger charge is 2.63. The van der Waals surface area contributed by atoms with E-state index < -0.39 is 0 Å². The molecule has 0 amide bonds. The lowest BCUT2D eigenvalue weighted by atomic mass is 9.68. The number of fused-ring (bicyclic) bond motifs is 10. The van der Waals surface area contributed by atoms with Crippen LogP contribution in [0.15, 0.2) is 0 Å². The largest absolute Gasteiger partial charge is 0.300 e. The topological polar surface area (TPSA) is 6.48 Å². The fraction of sp³-hybridized carbons (Fsp3) is 1.00. The Kier molecular flexibility index (Phi) is 6.11. The van der Waals surface area contributed by atoms with E-state index in [1.54, 1.807) is 77.0 Å². The highest BCUT2D eigenvalue weighted by Crippen LogP contribution is 2.64. The van der Waals surface area contributed by atoms with Crippen molar-refractivity contribution < 1.29 is 0 Å². The molecule has 8 fully saturated rings. The maximum atomic E-state index is 3.02. The molecule has 2 nitrogen and oxygen atoms in total. The molecule has 0 bridgehead atoms. The predicted octanol–water partition coefficient (Wildman–Crippen LogP) is 7.62. The fourth-order valence-corrected chi connectivity index (χ4v) is 14.1. The summed E-state index contributed by atoms with van der Waals surface area (Å²) >= 11 is 0. The molecule has 2 heteroatoms. The molecule has 8 rings (SSSR count). The highest BCUT2D eigenvalue weighted by molar-refractivity contribution is 5.14. The molecule has 2 aliphatic heterocycles. The summed E-state index contributed by atoms with van der Waals surface area (Å²) in [6, 6.07) is 3.80. The molecule has 36 heavy (non-hydrogen) atoms. The van der Waals surface area contributed by atoms with E-state index in [1.807, 2.05) is 0 Å². The van der Waals surface area contributed by atoms with Crippen LogP contribution in [0.3, 0.4) is 0 Å². The summed E-state index contributed by atoms with van der Waals surface area (Å²) in [6.45, 7) is 0. The second-order valence-electron chi connectivity index (χ2n) is 15.6. The van der Waals surface area contributed by atoms with E-state index in [9.17, 15) is 0 Å². The minimum atomic E-state index is 0.946. The van der Waals surface area contributed by atoms with Gasteiger partial charge in [-0.15, -0.1) is 0 Å². The molecule has 2 saturated heterocycles. The SMILES string of the molecule is CN1C2CCCCC2C2C3CCCCC3C(CCC3C4CCCCC4C4C5CCCCC5N(C)C34)C21. The van der Waals surface area contributed by atoms with Crippen LogP contribution in [0.5, 0.6) is 0 Å². The van der Waals surface area contributed by atoms with Crippen LogP contribution in [0.25, 0.3) is 0 Å². The van der Waals surface area contributed by atoms with Crippen molar-refractivity contribution in [2.75, 3.05) is 14.1 Å². The first-order valence-electron chi connectivity index (χ1n) is 17.2. The zero-order valence-corrected chi connectivity index (χ0v) is 23.7. The number of likely N-dealkylation sites (tertiary alicyclic amines) is 2. The summed E-state index contributed by atoms with van der Waals surface area (Å²) in [7, 11) is 5.19. The molecule has 202 valence electrons. The molecular formula is C34H56N2. The van der Waals surface area contributed by atoms with Gasteiger partial charge in [0.25, 0.3) is 0 Å². The lowest BCUT2D eigenvalue weighted by molar-refractivity contribution is 0.0836. The molecule has 0 radical (unpaired) electrons. The summed E-state index contributed by atoms with van der Waals surface area (Å²) in [5.41, 5.74) is 0. The Morgan fingerprint density at radius 2 is 0.750 bits per heavy atom. The monoisotopic (exact) mass is 492 g/mol. The maximum absolute atomic E-state index is 3.02. The van der Waals surface area contributed by atoms with Gasteiger partial charge in [-0.3, -0.25) is 9.80 Å². The zero-order chi connectivity index (χ0) is 24.0. The summed E-state index contributed by atoms with van der Waals surface area (Å²) in [6.07, 6.45) is 27.9. The van der Waals surface area contributed by atoms with Crippen LogP contribution in [0.2, 0.25) is 0 Å². The molecule has 14 unspecified atom stereocenters. The number of hydrogen-bond acceptors (Lipinski definition) is 2. The first-order valence-corrected chi connectivity index (χ1v) is 17.2. The highest BCUT2D eigenvalue weighted by atomic mass is 15.2. The van der Waals surface area contributed by atoms with E-state index in [-0.39, 0.29) is 0 Å². The minimum absolute atomic E-state index is 0.946. The van der Waals surface area contributed by atoms with Crippen LogP contribution in [0.4, 0.5) is 0 Å². The van der Waals surface area contributed by atoms with Gasteiger partial charge in [-0.05, 0) is 137 Å². The molecule has 6 aliphatic carbocycles. The lowest BCUT2D eigenvalue weighted by Crippen LogP contribution is -2.42. The van der Waals surface area contributed by atoms with Gasteiger partial charge in [0.05, 0.1) is 0 Å². The minimum Gasteiger partial charge on any atom is -0.300 e. The van der Waals surface area contributed by atoms with Gasteiger partial charge in [0.15, 0.2) is 0 Å². The molecule has 0 spiro atoms. The maximum Gasteiger partial charge on any atom is 0.0160 e. The number of rotatable bonds is 3. The third-order valence-electron chi connectivity index (χ3n) is 14.9. The van der Waals surface area contributed by atoms with Crippen LogP contribution in [-0.2, 0) is 0 Å². The van der Waals surface area contributed by atoms with E-state index in [4.69, 9.17) is 0 Å². The van der Waals surface area contributed by atoms with E-state index >= 15 is 0 Å². The third-order valence-corrected chi connectivity index (χ3v) is 14.9. The van der Waals surface area contributed by atoms with E-state index in [2.05, 4.69) is 23.9 Å². The van der Waals surface area contributed by atoms with Crippen molar-refractivity contribution in [3.8, 4) is 0 Å². The van der Waals surface area contributed by atoms with Gasteiger partial charge in [0, 0.05) is 24.2 Å². The Morgan fingerprint density at radius 1 is 0.417 bits per heavy atom. The lowest BCUT2D eigenvalue weighted by Gasteiger charge is -2.41. The van der Waals surface area contributed by atoms with Crippen LogP contribution in [-0.4, -0.2) is 48.1 Å². The summed E-state index contributed by atoms with van der Waals surface area (Å²) in [5, 5.41) is 0. The van der Waals surface area contributed by atoms with Crippen LogP contribution < -0.4 is 0 Å². The van der Waals surface area contributed by atoms with Gasteiger partial charge in [-0.1, -0.05) is 51.4 Å². The van der Waals surface area contributed by atoms with E-state index in [0.717, 1.165) is 83.3 Å². The van der Waals surface area contributed by atoms with Crippen molar-refractivity contribution in [1.82, 2.24) is 9.80 Å². The Labute approximate surface area is 222 Å². The fourth-order valence-electron chi connectivity index (χ4n) is 14.1. The van der Waals surface area contributed by atoms with Crippen molar-refractivity contribution in [3.05, 3.63) is 0 Å². The van der Waals surface area contributed by atoms with Crippen molar-refractivity contribution in [1.29, 1.82) is 0 Å². The zero-order valence-electron chi connectivity index (χ0n) is 23.7. The molecule has 0 N–H and O–H groups in total. The Balaban J connectivity index is 1.07. The quantitative estimate of drug-likeness (QED) is 0.400. The van der Waals surface area contributed by atoms with Gasteiger partial charge < -0.3 is 0 Å². The smallest absolute Gasteiger partial charge is 0.0160 e. The van der Waals surface area contributed by atoms with Crippen LogP contribution >= 0.6 is 0 Å². The average Bonchev–Trinajstić information content (AvgIpc) is 3.61. The Bertz CT molecular complexity index is 743. The summed E-state index contributed by atoms with van der Waals surface area (Å²) in [5.74, 6) is 10.7. The molecule has 6 saturated carbocycles. The Morgan fingerprint density at radius 3 is 1.17 bits per heavy atom. The molecule has 0 aromatic rings. The predicted molar refractivity (Wildman–Crippen MR) is 149 cm³/mol. The average molecular weight is 493 g/mol. The van der Waals surface area contributed by atoms with Gasteiger partial charge in [-0.2, -0.15) is 0 Å². The standard InChI is InChI=1S/C34H56N2/c1-35-29-17-9-7-15-27(29)31-23-13-5-3-11-21(23)25(33(31)35)19-20-26-22-12-4-6-14-24(22)32-28-16-8-10-18-30(28)36(2)34(26)32/h21-34H,3-20H2,1-2H3. The van der Waals surface area contributed by atoms with E-state index in [0.29, 0.717) is 0 Å². The third kappa shape index (κ3) is 3.34. The molecule has 8 aliphatic rings. The van der Waals surface area contributed by atoms with Gasteiger partial charge >= 0.3 is 0 Å². The molecule has 14 atom stereocenters. The first-order chi connectivity index (χ1) is 17.7. The van der Waals surface area contributed by atoms with Crippen LogP contribution in [0.1, 0.15) is 116 Å². The normalized spacial score (nSPS) is 56.5. The van der Waals surface area contributed by atoms with Crippen molar-refractivity contribution in [2.24, 2.45) is 59.2 Å². The molecule has 0 aromatic carbocycles. The number of hydrogen-bond donors (Lipinski definition) is 0. The Hall–Kier alpha value is -0.0800. The second-order valence-corrected chi connectivity index (χ2v) is 15.6. The number of nitrogens with zero attached hydrogens (tertiary/aromatic N) is 2. The van der Waals surface area contributed by atoms with Gasteiger partial charge in [0.1, 0.15) is 0 Å². The van der Waals surface area contributed by atoms with Crippen molar-refractivity contribution in [2.45, 2.75) is 140 Å². The van der Waals surface area contributed by atoms with Crippen LogP contribution in [0, 0.1) is 59.2 Å². The summed E-state index contributed by atoms with van der Waals surface area (Å²) in [4.78, 5) is 6.04. The van der Waals surface area contributed by atoms with Crippen molar-refractivity contribution >= 4 is 0 Å². The van der Waals surface area contributed by atoms with Gasteiger partial charge in [0.2, 0.25) is 0 Å².